The fourth-order valence-corrected chi connectivity index (χ4v) is 3.62. The van der Waals surface area contributed by atoms with Gasteiger partial charge in [0.1, 0.15) is 6.04 Å². The summed E-state index contributed by atoms with van der Waals surface area (Å²) in [4.78, 5) is 29.2. The summed E-state index contributed by atoms with van der Waals surface area (Å²) in [5.74, 6) is 0.181. The van der Waals surface area contributed by atoms with Gasteiger partial charge in [-0.25, -0.2) is 4.98 Å². The van der Waals surface area contributed by atoms with Crippen LogP contribution in [0.15, 0.2) is 30.9 Å². The molecule has 0 aliphatic carbocycles. The molecular weight excluding hydrogens is 290 g/mol. The molecule has 6 heteroatoms. The molecule has 0 unspecified atom stereocenters. The predicted molar refractivity (Wildman–Crippen MR) is 85.5 cm³/mol. The molecule has 1 atom stereocenters. The highest BCUT2D eigenvalue weighted by Gasteiger charge is 2.34. The van der Waals surface area contributed by atoms with Gasteiger partial charge in [-0.05, 0) is 37.6 Å². The first kappa shape index (κ1) is 14.4. The van der Waals surface area contributed by atoms with Crippen molar-refractivity contribution in [3.8, 4) is 0 Å². The molecule has 6 nitrogen and oxygen atoms in total. The second kappa shape index (κ2) is 6.12. The van der Waals surface area contributed by atoms with Crippen LogP contribution >= 0.6 is 0 Å². The number of H-pyrrole nitrogens is 1. The van der Waals surface area contributed by atoms with Crippen molar-refractivity contribution in [3.05, 3.63) is 47.8 Å². The molecule has 4 heterocycles. The summed E-state index contributed by atoms with van der Waals surface area (Å²) in [7, 11) is 0. The number of likely N-dealkylation sites (tertiary alicyclic amines) is 1. The number of hydrogen-bond donors (Lipinski definition) is 1. The van der Waals surface area contributed by atoms with E-state index in [1.165, 1.54) is 0 Å². The number of fused-ring (bicyclic) bond motifs is 1. The summed E-state index contributed by atoms with van der Waals surface area (Å²) >= 11 is 0. The summed E-state index contributed by atoms with van der Waals surface area (Å²) < 4.78 is 0. The average molecular weight is 311 g/mol. The lowest BCUT2D eigenvalue weighted by Gasteiger charge is -2.34. The Bertz CT molecular complexity index is 677. The van der Waals surface area contributed by atoms with Gasteiger partial charge in [-0.2, -0.15) is 0 Å². The van der Waals surface area contributed by atoms with Crippen LogP contribution in [0.4, 0.5) is 0 Å². The van der Waals surface area contributed by atoms with E-state index in [4.69, 9.17) is 0 Å². The van der Waals surface area contributed by atoms with E-state index >= 15 is 0 Å². The fraction of sp³-hybridized carbons (Fsp3) is 0.471. The van der Waals surface area contributed by atoms with E-state index in [2.05, 4.69) is 19.9 Å². The van der Waals surface area contributed by atoms with E-state index in [1.54, 1.807) is 12.5 Å². The number of aromatic amines is 1. The van der Waals surface area contributed by atoms with Crippen LogP contribution in [0, 0.1) is 0 Å². The van der Waals surface area contributed by atoms with Crippen molar-refractivity contribution in [2.45, 2.75) is 31.8 Å². The third-order valence-electron chi connectivity index (χ3n) is 4.83. The topological polar surface area (TPSA) is 65.1 Å². The van der Waals surface area contributed by atoms with Crippen LogP contribution in [0.2, 0.25) is 0 Å². The number of carbonyl (C=O) groups is 1. The molecule has 0 bridgehead atoms. The van der Waals surface area contributed by atoms with Crippen LogP contribution in [-0.2, 0) is 17.8 Å². The molecule has 0 aromatic carbocycles. The Labute approximate surface area is 135 Å². The largest absolute Gasteiger partial charge is 0.347 e. The second-order valence-electron chi connectivity index (χ2n) is 6.27. The molecule has 0 saturated carbocycles. The number of amides is 1. The van der Waals surface area contributed by atoms with E-state index in [-0.39, 0.29) is 11.9 Å². The van der Waals surface area contributed by atoms with Crippen LogP contribution in [0.3, 0.4) is 0 Å². The number of nitrogens with zero attached hydrogens (tertiary/aromatic N) is 4. The molecule has 4 rings (SSSR count). The highest BCUT2D eigenvalue weighted by Crippen LogP contribution is 2.28. The van der Waals surface area contributed by atoms with Gasteiger partial charge in [0.2, 0.25) is 5.91 Å². The van der Waals surface area contributed by atoms with E-state index in [0.717, 1.165) is 55.8 Å². The number of carbonyl (C=O) groups excluding carboxylic acids is 1. The number of nitrogens with one attached hydrogen (secondary N) is 1. The molecule has 2 aromatic rings. The molecular formula is C17H21N5O. The Morgan fingerprint density at radius 2 is 2.13 bits per heavy atom. The van der Waals surface area contributed by atoms with Crippen molar-refractivity contribution in [3.63, 3.8) is 0 Å². The minimum absolute atomic E-state index is 0.181. The van der Waals surface area contributed by atoms with Gasteiger partial charge in [-0.3, -0.25) is 14.7 Å². The van der Waals surface area contributed by atoms with Gasteiger partial charge >= 0.3 is 0 Å². The molecule has 1 amide bonds. The van der Waals surface area contributed by atoms with E-state index in [1.807, 2.05) is 23.2 Å². The third-order valence-corrected chi connectivity index (χ3v) is 4.83. The lowest BCUT2D eigenvalue weighted by Crippen LogP contribution is -2.44. The van der Waals surface area contributed by atoms with Crippen molar-refractivity contribution in [1.82, 2.24) is 24.8 Å². The van der Waals surface area contributed by atoms with Crippen LogP contribution in [0.5, 0.6) is 0 Å². The van der Waals surface area contributed by atoms with Crippen molar-refractivity contribution in [2.24, 2.45) is 0 Å². The summed E-state index contributed by atoms with van der Waals surface area (Å²) in [6.45, 7) is 3.32. The monoisotopic (exact) mass is 311 g/mol. The maximum Gasteiger partial charge on any atom is 0.244 e. The quantitative estimate of drug-likeness (QED) is 0.933. The number of rotatable bonds is 3. The summed E-state index contributed by atoms with van der Waals surface area (Å²) in [6, 6.07) is 3.71. The van der Waals surface area contributed by atoms with Crippen LogP contribution in [0.25, 0.3) is 0 Å². The van der Waals surface area contributed by atoms with Gasteiger partial charge in [0.25, 0.3) is 0 Å². The maximum atomic E-state index is 13.2. The predicted octanol–water partition coefficient (Wildman–Crippen LogP) is 1.53. The second-order valence-corrected chi connectivity index (χ2v) is 6.27. The molecule has 0 spiro atoms. The summed E-state index contributed by atoms with van der Waals surface area (Å²) in [5, 5.41) is 0. The van der Waals surface area contributed by atoms with E-state index < -0.39 is 0 Å². The molecule has 120 valence electrons. The lowest BCUT2D eigenvalue weighted by atomic mass is 10.0. The normalized spacial score (nSPS) is 19.6. The molecule has 1 fully saturated rings. The van der Waals surface area contributed by atoms with Crippen molar-refractivity contribution in [1.29, 1.82) is 0 Å². The molecule has 0 radical (unpaired) electrons. The SMILES string of the molecule is O=C([C@@H](c1cccnc1)N1CCCC1)N1CCc2nc[nH]c2C1. The standard InChI is InChI=1S/C17H21N5O/c23-17(22-9-5-14-15(11-22)20-12-19-14)16(21-7-1-2-8-21)13-4-3-6-18-10-13/h3-4,6,10,12,16H,1-2,5,7-9,11H2,(H,19,20)/t16-/m1/s1. The van der Waals surface area contributed by atoms with Gasteiger partial charge in [0.15, 0.2) is 0 Å². The van der Waals surface area contributed by atoms with Crippen LogP contribution in [0.1, 0.15) is 35.8 Å². The van der Waals surface area contributed by atoms with Crippen LogP contribution < -0.4 is 0 Å². The number of pyridine rings is 1. The minimum atomic E-state index is -0.212. The van der Waals surface area contributed by atoms with Gasteiger partial charge in [-0.15, -0.1) is 0 Å². The third kappa shape index (κ3) is 2.74. The number of imidazole rings is 1. The van der Waals surface area contributed by atoms with Gasteiger partial charge in [0.05, 0.1) is 24.3 Å². The summed E-state index contributed by atoms with van der Waals surface area (Å²) in [6.07, 6.45) is 8.45. The highest BCUT2D eigenvalue weighted by atomic mass is 16.2. The van der Waals surface area contributed by atoms with Gasteiger partial charge < -0.3 is 9.88 Å². The first-order valence-electron chi connectivity index (χ1n) is 8.27. The number of hydrogen-bond acceptors (Lipinski definition) is 4. The van der Waals surface area contributed by atoms with E-state index in [9.17, 15) is 4.79 Å². The Morgan fingerprint density at radius 1 is 1.26 bits per heavy atom. The Hall–Kier alpha value is -2.21. The molecule has 1 N–H and O–H groups in total. The Morgan fingerprint density at radius 3 is 2.91 bits per heavy atom. The molecule has 1 saturated heterocycles. The Kier molecular flexibility index (Phi) is 3.83. The molecule has 2 aromatic heterocycles. The Balaban J connectivity index is 1.60. The average Bonchev–Trinajstić information content (AvgIpc) is 3.27. The first-order valence-corrected chi connectivity index (χ1v) is 8.27. The number of aromatic nitrogens is 3. The highest BCUT2D eigenvalue weighted by molar-refractivity contribution is 5.83. The van der Waals surface area contributed by atoms with E-state index in [0.29, 0.717) is 6.54 Å². The van der Waals surface area contributed by atoms with Crippen LogP contribution in [-0.4, -0.2) is 50.3 Å². The summed E-state index contributed by atoms with van der Waals surface area (Å²) in [5.41, 5.74) is 3.15. The van der Waals surface area contributed by atoms with Crippen molar-refractivity contribution < 1.29 is 4.79 Å². The lowest BCUT2D eigenvalue weighted by molar-refractivity contribution is -0.138. The zero-order valence-electron chi connectivity index (χ0n) is 13.1. The first-order chi connectivity index (χ1) is 11.3. The minimum Gasteiger partial charge on any atom is -0.347 e. The van der Waals surface area contributed by atoms with Gasteiger partial charge in [0, 0.05) is 25.4 Å². The molecule has 2 aliphatic rings. The smallest absolute Gasteiger partial charge is 0.244 e. The maximum absolute atomic E-state index is 13.2. The van der Waals surface area contributed by atoms with Gasteiger partial charge in [-0.1, -0.05) is 6.07 Å². The zero-order valence-corrected chi connectivity index (χ0v) is 13.1. The van der Waals surface area contributed by atoms with Crippen molar-refractivity contribution in [2.75, 3.05) is 19.6 Å². The fourth-order valence-electron chi connectivity index (χ4n) is 3.62. The molecule has 23 heavy (non-hydrogen) atoms. The molecule has 2 aliphatic heterocycles. The zero-order chi connectivity index (χ0) is 15.6. The van der Waals surface area contributed by atoms with Crippen molar-refractivity contribution >= 4 is 5.91 Å².